The molecule has 0 aliphatic carbocycles. The lowest BCUT2D eigenvalue weighted by atomic mass is 10.2. The Morgan fingerprint density at radius 3 is 2.72 bits per heavy atom. The lowest BCUT2D eigenvalue weighted by molar-refractivity contribution is 0.587. The smallest absolute Gasteiger partial charge is 0.179 e. The van der Waals surface area contributed by atoms with Crippen molar-refractivity contribution >= 4 is 49.9 Å². The molecule has 0 atom stereocenters. The van der Waals surface area contributed by atoms with Crippen molar-refractivity contribution in [3.63, 3.8) is 0 Å². The maximum absolute atomic E-state index is 12.5. The van der Waals surface area contributed by atoms with E-state index in [1.54, 1.807) is 12.5 Å². The van der Waals surface area contributed by atoms with E-state index in [1.807, 2.05) is 11.5 Å². The van der Waals surface area contributed by atoms with E-state index in [1.165, 1.54) is 18.2 Å². The zero-order valence-corrected chi connectivity index (χ0v) is 15.7. The molecule has 0 saturated carbocycles. The van der Waals surface area contributed by atoms with E-state index in [9.17, 15) is 8.42 Å². The van der Waals surface area contributed by atoms with Gasteiger partial charge in [0, 0.05) is 17.8 Å². The zero-order chi connectivity index (χ0) is 18.2. The Hall–Kier alpha value is -1.83. The minimum atomic E-state index is -3.49. The number of benzene rings is 1. The van der Waals surface area contributed by atoms with Crippen molar-refractivity contribution in [3.8, 4) is 0 Å². The number of sulfone groups is 1. The van der Waals surface area contributed by atoms with E-state index >= 15 is 0 Å². The molecule has 2 heterocycles. The summed E-state index contributed by atoms with van der Waals surface area (Å²) in [6, 6.07) is 4.38. The van der Waals surface area contributed by atoms with Crippen LogP contribution < -0.4 is 5.73 Å². The van der Waals surface area contributed by atoms with Crippen molar-refractivity contribution in [2.45, 2.75) is 24.8 Å². The van der Waals surface area contributed by atoms with E-state index in [-0.39, 0.29) is 15.7 Å². The molecule has 25 heavy (non-hydrogen) atoms. The average Bonchev–Trinajstić information content (AvgIpc) is 2.96. The largest absolute Gasteiger partial charge is 0.382 e. The first-order valence-electron chi connectivity index (χ1n) is 7.53. The molecule has 3 rings (SSSR count). The van der Waals surface area contributed by atoms with E-state index in [4.69, 9.17) is 28.9 Å². The molecule has 1 aromatic carbocycles. The molecule has 2 N–H and O–H groups in total. The van der Waals surface area contributed by atoms with Crippen molar-refractivity contribution in [3.05, 3.63) is 46.3 Å². The first kappa shape index (κ1) is 18.0. The van der Waals surface area contributed by atoms with Crippen molar-refractivity contribution in [2.24, 2.45) is 0 Å². The van der Waals surface area contributed by atoms with Crippen molar-refractivity contribution in [2.75, 3.05) is 11.5 Å². The monoisotopic (exact) mass is 398 g/mol. The van der Waals surface area contributed by atoms with Gasteiger partial charge >= 0.3 is 0 Å². The van der Waals surface area contributed by atoms with Crippen LogP contribution in [0.25, 0.3) is 11.0 Å². The molecule has 9 heteroatoms. The summed E-state index contributed by atoms with van der Waals surface area (Å²) < 4.78 is 26.9. The van der Waals surface area contributed by atoms with Gasteiger partial charge in [0.15, 0.2) is 15.7 Å². The standard InChI is InChI=1S/C16H16Cl2N4O2S/c1-10-8-20-16(19)14-15(10)22(9-21-14)5-2-6-25(23,24)13-4-3-11(17)7-12(13)18/h3-4,7-9H,2,5-6H2,1H3,(H2,19,20). The first-order chi connectivity index (χ1) is 11.8. The Bertz CT molecular complexity index is 1050. The summed E-state index contributed by atoms with van der Waals surface area (Å²) in [5.74, 6) is 0.327. The molecule has 0 amide bonds. The third-order valence-corrected chi connectivity index (χ3v) is 6.40. The predicted octanol–water partition coefficient (Wildman–Crippen LogP) is 3.49. The second-order valence-electron chi connectivity index (χ2n) is 5.71. The number of hydrogen-bond donors (Lipinski definition) is 1. The van der Waals surface area contributed by atoms with Gasteiger partial charge < -0.3 is 10.3 Å². The molecule has 132 valence electrons. The van der Waals surface area contributed by atoms with Gasteiger partial charge in [0.2, 0.25) is 0 Å². The van der Waals surface area contributed by atoms with Crippen LogP contribution in [0.2, 0.25) is 10.0 Å². The maximum atomic E-state index is 12.5. The number of hydrogen-bond acceptors (Lipinski definition) is 5. The van der Waals surface area contributed by atoms with Gasteiger partial charge in [-0.15, -0.1) is 0 Å². The van der Waals surface area contributed by atoms with Gasteiger partial charge in [0.25, 0.3) is 0 Å². The number of halogens is 2. The van der Waals surface area contributed by atoms with Gasteiger partial charge in [0.05, 0.1) is 27.5 Å². The van der Waals surface area contributed by atoms with Crippen LogP contribution in [0, 0.1) is 6.92 Å². The normalized spacial score (nSPS) is 12.0. The lowest BCUT2D eigenvalue weighted by Crippen LogP contribution is -2.10. The van der Waals surface area contributed by atoms with Gasteiger partial charge in [-0.3, -0.25) is 0 Å². The highest BCUT2D eigenvalue weighted by Gasteiger charge is 2.18. The van der Waals surface area contributed by atoms with E-state index in [0.29, 0.717) is 29.3 Å². The highest BCUT2D eigenvalue weighted by Crippen LogP contribution is 2.26. The number of nitrogens with zero attached hydrogens (tertiary/aromatic N) is 3. The molecule has 0 aliphatic rings. The fourth-order valence-corrected chi connectivity index (χ4v) is 4.83. The molecular formula is C16H16Cl2N4O2S. The van der Waals surface area contributed by atoms with Crippen LogP contribution in [0.15, 0.2) is 35.6 Å². The summed E-state index contributed by atoms with van der Waals surface area (Å²) in [6.07, 6.45) is 3.74. The number of imidazole rings is 1. The number of fused-ring (bicyclic) bond motifs is 1. The highest BCUT2D eigenvalue weighted by molar-refractivity contribution is 7.91. The maximum Gasteiger partial charge on any atom is 0.179 e. The quantitative estimate of drug-likeness (QED) is 0.709. The van der Waals surface area contributed by atoms with Gasteiger partial charge in [-0.2, -0.15) is 0 Å². The number of pyridine rings is 1. The third kappa shape index (κ3) is 3.58. The molecule has 0 fully saturated rings. The molecule has 0 aliphatic heterocycles. The number of aromatic nitrogens is 3. The van der Waals surface area contributed by atoms with Crippen LogP contribution in [-0.4, -0.2) is 28.7 Å². The van der Waals surface area contributed by atoms with Gasteiger partial charge in [-0.05, 0) is 37.1 Å². The molecule has 0 saturated heterocycles. The number of anilines is 1. The summed E-state index contributed by atoms with van der Waals surface area (Å²) in [4.78, 5) is 8.44. The van der Waals surface area contributed by atoms with Gasteiger partial charge in [-0.1, -0.05) is 23.2 Å². The Balaban J connectivity index is 1.78. The number of nitrogen functional groups attached to an aromatic ring is 1. The van der Waals surface area contributed by atoms with E-state index in [0.717, 1.165) is 11.1 Å². The number of aryl methyl sites for hydroxylation is 2. The summed E-state index contributed by atoms with van der Waals surface area (Å²) in [5.41, 5.74) is 8.27. The predicted molar refractivity (Wildman–Crippen MR) is 99.8 cm³/mol. The van der Waals surface area contributed by atoms with Gasteiger partial charge in [-0.25, -0.2) is 18.4 Å². The molecule has 6 nitrogen and oxygen atoms in total. The molecule has 0 radical (unpaired) electrons. The van der Waals surface area contributed by atoms with Crippen LogP contribution in [0.3, 0.4) is 0 Å². The molecule has 2 aromatic heterocycles. The second kappa shape index (κ2) is 6.82. The minimum absolute atomic E-state index is 0.0341. The van der Waals surface area contributed by atoms with Crippen molar-refractivity contribution < 1.29 is 8.42 Å². The Labute approximate surface area is 155 Å². The topological polar surface area (TPSA) is 90.9 Å². The van der Waals surface area contributed by atoms with Crippen LogP contribution in [-0.2, 0) is 16.4 Å². The molecule has 0 unspecified atom stereocenters. The summed E-state index contributed by atoms with van der Waals surface area (Å²) >= 11 is 11.8. The van der Waals surface area contributed by atoms with Crippen molar-refractivity contribution in [1.82, 2.24) is 14.5 Å². The Kier molecular flexibility index (Phi) is 4.90. The fourth-order valence-electron chi connectivity index (χ4n) is 2.70. The lowest BCUT2D eigenvalue weighted by Gasteiger charge is -2.09. The van der Waals surface area contributed by atoms with Gasteiger partial charge in [0.1, 0.15) is 5.52 Å². The van der Waals surface area contributed by atoms with Crippen LogP contribution in [0.1, 0.15) is 12.0 Å². The molecule has 0 spiro atoms. The van der Waals surface area contributed by atoms with Crippen LogP contribution in [0.4, 0.5) is 5.82 Å². The molecule has 0 bridgehead atoms. The minimum Gasteiger partial charge on any atom is -0.382 e. The SMILES string of the molecule is Cc1cnc(N)c2ncn(CCCS(=O)(=O)c3ccc(Cl)cc3Cl)c12. The van der Waals surface area contributed by atoms with Crippen LogP contribution >= 0.6 is 23.2 Å². The first-order valence-corrected chi connectivity index (χ1v) is 9.94. The zero-order valence-electron chi connectivity index (χ0n) is 13.4. The Morgan fingerprint density at radius 1 is 1.24 bits per heavy atom. The summed E-state index contributed by atoms with van der Waals surface area (Å²) in [7, 11) is -3.49. The summed E-state index contributed by atoms with van der Waals surface area (Å²) in [6.45, 7) is 2.41. The average molecular weight is 399 g/mol. The molecular weight excluding hydrogens is 383 g/mol. The van der Waals surface area contributed by atoms with Crippen LogP contribution in [0.5, 0.6) is 0 Å². The number of nitrogens with two attached hydrogens (primary N) is 1. The second-order valence-corrected chi connectivity index (χ2v) is 8.63. The Morgan fingerprint density at radius 2 is 2.00 bits per heavy atom. The highest BCUT2D eigenvalue weighted by atomic mass is 35.5. The third-order valence-electron chi connectivity index (χ3n) is 3.89. The number of rotatable bonds is 5. The summed E-state index contributed by atoms with van der Waals surface area (Å²) in [5, 5.41) is 0.533. The van der Waals surface area contributed by atoms with Crippen molar-refractivity contribution in [1.29, 1.82) is 0 Å². The molecule has 3 aromatic rings. The van der Waals surface area contributed by atoms with E-state index < -0.39 is 9.84 Å². The van der Waals surface area contributed by atoms with E-state index in [2.05, 4.69) is 9.97 Å². The fraction of sp³-hybridized carbons (Fsp3) is 0.250.